The van der Waals surface area contributed by atoms with E-state index in [0.29, 0.717) is 18.9 Å². The van der Waals surface area contributed by atoms with Crippen molar-refractivity contribution in [3.63, 3.8) is 0 Å². The number of hydrogen-bond acceptors (Lipinski definition) is 3. The van der Waals surface area contributed by atoms with E-state index in [1.165, 1.54) is 0 Å². The molecule has 5 nitrogen and oxygen atoms in total. The monoisotopic (exact) mass is 368 g/mol. The van der Waals surface area contributed by atoms with Crippen LogP contribution in [0.5, 0.6) is 0 Å². The molecule has 5 heteroatoms. The minimum absolute atomic E-state index is 0.00460. The fraction of sp³-hybridized carbons (Fsp3) is 0.545. The summed E-state index contributed by atoms with van der Waals surface area (Å²) in [5.41, 5.74) is 2.06. The van der Waals surface area contributed by atoms with E-state index in [4.69, 9.17) is 0 Å². The number of benzene rings is 1. The van der Waals surface area contributed by atoms with Gasteiger partial charge in [0.05, 0.1) is 25.2 Å². The number of aliphatic hydroxyl groups excluding tert-OH is 1. The summed E-state index contributed by atoms with van der Waals surface area (Å²) in [5, 5.41) is 9.82. The Balaban J connectivity index is 1.77. The first-order valence-electron chi connectivity index (χ1n) is 9.74. The number of nitrogens with zero attached hydrogens (tertiary/aromatic N) is 2. The number of rotatable bonds is 4. The summed E-state index contributed by atoms with van der Waals surface area (Å²) in [6.45, 7) is 6.70. The highest BCUT2D eigenvalue weighted by atomic mass is 16.3. The summed E-state index contributed by atoms with van der Waals surface area (Å²) >= 11 is 0. The summed E-state index contributed by atoms with van der Waals surface area (Å²) in [6, 6.07) is 7.80. The van der Waals surface area contributed by atoms with Gasteiger partial charge in [-0.15, -0.1) is 0 Å². The van der Waals surface area contributed by atoms with Crippen molar-refractivity contribution in [3.05, 3.63) is 35.4 Å². The van der Waals surface area contributed by atoms with Gasteiger partial charge in [-0.25, -0.2) is 0 Å². The number of hydrogen-bond donors (Lipinski definition) is 1. The maximum absolute atomic E-state index is 12.5. The molecule has 2 saturated heterocycles. The highest BCUT2D eigenvalue weighted by molar-refractivity contribution is 5.87. The molecule has 1 aromatic rings. The van der Waals surface area contributed by atoms with Crippen molar-refractivity contribution in [2.75, 3.05) is 19.7 Å². The van der Waals surface area contributed by atoms with Crippen LogP contribution in [0.15, 0.2) is 24.3 Å². The predicted octanol–water partition coefficient (Wildman–Crippen LogP) is 1.99. The Morgan fingerprint density at radius 3 is 2.59 bits per heavy atom. The molecular weight excluding hydrogens is 340 g/mol. The van der Waals surface area contributed by atoms with Crippen molar-refractivity contribution in [1.82, 2.24) is 9.80 Å². The van der Waals surface area contributed by atoms with Gasteiger partial charge in [-0.3, -0.25) is 9.59 Å². The number of aliphatic hydroxyl groups is 1. The van der Waals surface area contributed by atoms with Crippen molar-refractivity contribution >= 4 is 11.8 Å². The Hall–Kier alpha value is -2.32. The number of amides is 2. The lowest BCUT2D eigenvalue weighted by Crippen LogP contribution is -2.73. The molecule has 0 saturated carbocycles. The molecule has 27 heavy (non-hydrogen) atoms. The van der Waals surface area contributed by atoms with Crippen molar-refractivity contribution in [1.29, 1.82) is 0 Å². The molecule has 2 heterocycles. The second kappa shape index (κ2) is 8.14. The molecule has 0 radical (unpaired) electrons. The second-order valence-electron chi connectivity index (χ2n) is 7.79. The normalized spacial score (nSPS) is 24.2. The van der Waals surface area contributed by atoms with Crippen LogP contribution >= 0.6 is 0 Å². The van der Waals surface area contributed by atoms with Crippen LogP contribution in [0.1, 0.15) is 50.7 Å². The summed E-state index contributed by atoms with van der Waals surface area (Å²) in [6.07, 6.45) is 1.27. The average molecular weight is 368 g/mol. The molecule has 2 aliphatic rings. The van der Waals surface area contributed by atoms with E-state index >= 15 is 0 Å². The van der Waals surface area contributed by atoms with E-state index in [0.717, 1.165) is 17.5 Å². The Bertz CT molecular complexity index is 760. The zero-order valence-electron chi connectivity index (χ0n) is 16.3. The minimum atomic E-state index is -0.209. The molecule has 3 atom stereocenters. The van der Waals surface area contributed by atoms with Gasteiger partial charge < -0.3 is 14.9 Å². The molecule has 2 aliphatic heterocycles. The van der Waals surface area contributed by atoms with Gasteiger partial charge in [-0.05, 0) is 23.6 Å². The Kier molecular flexibility index (Phi) is 5.86. The zero-order valence-corrected chi connectivity index (χ0v) is 16.3. The quantitative estimate of drug-likeness (QED) is 0.827. The first-order chi connectivity index (χ1) is 13.0. The average Bonchev–Trinajstić information content (AvgIpc) is 2.63. The summed E-state index contributed by atoms with van der Waals surface area (Å²) < 4.78 is 0. The van der Waals surface area contributed by atoms with E-state index in [2.05, 4.69) is 25.7 Å². The highest BCUT2D eigenvalue weighted by Gasteiger charge is 2.54. The second-order valence-corrected chi connectivity index (χ2v) is 7.79. The molecule has 0 aromatic heterocycles. The third-order valence-corrected chi connectivity index (χ3v) is 5.45. The van der Waals surface area contributed by atoms with E-state index < -0.39 is 0 Å². The maximum Gasteiger partial charge on any atom is 0.242 e. The molecule has 2 amide bonds. The van der Waals surface area contributed by atoms with Gasteiger partial charge in [-0.1, -0.05) is 44.7 Å². The number of piperazine rings is 1. The Labute approximate surface area is 161 Å². The van der Waals surface area contributed by atoms with Crippen molar-refractivity contribution < 1.29 is 14.7 Å². The van der Waals surface area contributed by atoms with Gasteiger partial charge in [-0.2, -0.15) is 0 Å². The molecule has 0 unspecified atom stereocenters. The smallest absolute Gasteiger partial charge is 0.242 e. The molecule has 0 aliphatic carbocycles. The molecular formula is C22H28N2O3. The van der Waals surface area contributed by atoms with Crippen LogP contribution in [0.25, 0.3) is 0 Å². The highest BCUT2D eigenvalue weighted by Crippen LogP contribution is 2.42. The summed E-state index contributed by atoms with van der Waals surface area (Å²) in [7, 11) is 0. The van der Waals surface area contributed by atoms with Crippen LogP contribution in [0.4, 0.5) is 0 Å². The molecule has 144 valence electrons. The fourth-order valence-electron chi connectivity index (χ4n) is 4.06. The minimum Gasteiger partial charge on any atom is -0.394 e. The Morgan fingerprint density at radius 1 is 1.30 bits per heavy atom. The van der Waals surface area contributed by atoms with E-state index in [9.17, 15) is 14.7 Å². The third-order valence-electron chi connectivity index (χ3n) is 5.45. The largest absolute Gasteiger partial charge is 0.394 e. The lowest BCUT2D eigenvalue weighted by Gasteiger charge is -2.58. The SMILES string of the molecule is CCC(=O)N1CC(=O)N2[C@H](CO)[C@H](c3ccc(C#CCC(C)C)cc3)[C@@H]2C1. The van der Waals surface area contributed by atoms with Crippen LogP contribution < -0.4 is 0 Å². The van der Waals surface area contributed by atoms with E-state index in [-0.39, 0.29) is 43.0 Å². The first kappa shape index (κ1) is 19.4. The van der Waals surface area contributed by atoms with Gasteiger partial charge in [0.2, 0.25) is 11.8 Å². The molecule has 2 fully saturated rings. The Morgan fingerprint density at radius 2 is 2.00 bits per heavy atom. The fourth-order valence-corrected chi connectivity index (χ4v) is 4.06. The molecule has 0 bridgehead atoms. The summed E-state index contributed by atoms with van der Waals surface area (Å²) in [5.74, 6) is 6.90. The molecule has 0 spiro atoms. The lowest BCUT2D eigenvalue weighted by atomic mass is 9.73. The van der Waals surface area contributed by atoms with Gasteiger partial charge in [0.15, 0.2) is 0 Å². The van der Waals surface area contributed by atoms with Crippen LogP contribution in [0.3, 0.4) is 0 Å². The van der Waals surface area contributed by atoms with Crippen LogP contribution in [-0.2, 0) is 9.59 Å². The van der Waals surface area contributed by atoms with Gasteiger partial charge in [0.1, 0.15) is 0 Å². The van der Waals surface area contributed by atoms with Crippen LogP contribution in [0.2, 0.25) is 0 Å². The topological polar surface area (TPSA) is 60.9 Å². The number of fused-ring (bicyclic) bond motifs is 1. The number of carbonyl (C=O) groups excluding carboxylic acids is 2. The summed E-state index contributed by atoms with van der Waals surface area (Å²) in [4.78, 5) is 27.9. The zero-order chi connectivity index (χ0) is 19.6. The van der Waals surface area contributed by atoms with Crippen LogP contribution in [0, 0.1) is 17.8 Å². The molecule has 1 aromatic carbocycles. The van der Waals surface area contributed by atoms with Gasteiger partial charge in [0, 0.05) is 30.9 Å². The van der Waals surface area contributed by atoms with Gasteiger partial charge in [0.25, 0.3) is 0 Å². The van der Waals surface area contributed by atoms with Gasteiger partial charge >= 0.3 is 0 Å². The molecule has 1 N–H and O–H groups in total. The first-order valence-corrected chi connectivity index (χ1v) is 9.74. The number of carbonyl (C=O) groups is 2. The maximum atomic E-state index is 12.5. The van der Waals surface area contributed by atoms with Crippen molar-refractivity contribution in [3.8, 4) is 11.8 Å². The third kappa shape index (κ3) is 3.86. The van der Waals surface area contributed by atoms with E-state index in [1.807, 2.05) is 31.2 Å². The molecule has 3 rings (SSSR count). The lowest BCUT2D eigenvalue weighted by molar-refractivity contribution is -0.166. The standard InChI is InChI=1S/C22H28N2O3/c1-4-20(26)23-12-18-22(19(14-25)24(18)21(27)13-23)17-10-8-16(9-11-17)7-5-6-15(2)3/h8-11,15,18-19,22,25H,4,6,12-14H2,1-3H3/t18-,19+,22+/m0/s1. The van der Waals surface area contributed by atoms with E-state index in [1.54, 1.807) is 9.80 Å². The van der Waals surface area contributed by atoms with Crippen molar-refractivity contribution in [2.45, 2.75) is 51.6 Å². The van der Waals surface area contributed by atoms with Crippen LogP contribution in [-0.4, -0.2) is 58.5 Å². The predicted molar refractivity (Wildman–Crippen MR) is 104 cm³/mol. The van der Waals surface area contributed by atoms with Crippen molar-refractivity contribution in [2.24, 2.45) is 5.92 Å².